The van der Waals surface area contributed by atoms with Gasteiger partial charge in [-0.15, -0.1) is 13.2 Å². The van der Waals surface area contributed by atoms with Gasteiger partial charge in [0.2, 0.25) is 0 Å². The second kappa shape index (κ2) is 10.3. The minimum atomic E-state index is 1.14. The van der Waals surface area contributed by atoms with Gasteiger partial charge in [-0.25, -0.2) is 0 Å². The van der Waals surface area contributed by atoms with E-state index in [9.17, 15) is 0 Å². The van der Waals surface area contributed by atoms with E-state index in [2.05, 4.69) is 82.5 Å². The molecule has 0 aliphatic rings. The second-order valence-electron chi connectivity index (χ2n) is 4.00. The summed E-state index contributed by atoms with van der Waals surface area (Å²) < 4.78 is 0. The first kappa shape index (κ1) is 16.2. The predicted octanol–water partition coefficient (Wildman–Crippen LogP) is 5.35. The molecule has 2 aromatic carbocycles. The lowest BCUT2D eigenvalue weighted by molar-refractivity contribution is 1.14. The summed E-state index contributed by atoms with van der Waals surface area (Å²) in [5.74, 6) is 0. The number of hydrogen-bond acceptors (Lipinski definition) is 0. The van der Waals surface area contributed by atoms with Gasteiger partial charge in [-0.05, 0) is 25.8 Å². The molecule has 0 aliphatic heterocycles. The Balaban J connectivity index is 0.000000283. The highest BCUT2D eigenvalue weighted by atomic mass is 13.9. The third kappa shape index (κ3) is 7.45. The Hall–Kier alpha value is -1.82. The molecule has 0 radical (unpaired) electrons. The third-order valence-electron chi connectivity index (χ3n) is 2.42. The first-order valence-electron chi connectivity index (χ1n) is 6.29. The van der Waals surface area contributed by atoms with E-state index >= 15 is 0 Å². The van der Waals surface area contributed by atoms with Crippen LogP contribution in [0.1, 0.15) is 23.6 Å². The molecule has 0 atom stereocenters. The van der Waals surface area contributed by atoms with E-state index in [4.69, 9.17) is 0 Å². The number of benzene rings is 2. The van der Waals surface area contributed by atoms with Crippen molar-refractivity contribution in [2.24, 2.45) is 0 Å². The highest BCUT2D eigenvalue weighted by Crippen LogP contribution is 2.00. The van der Waals surface area contributed by atoms with Crippen molar-refractivity contribution in [3.05, 3.63) is 84.4 Å². The lowest BCUT2D eigenvalue weighted by Gasteiger charge is -1.90. The van der Waals surface area contributed by atoms with Crippen LogP contribution >= 0.6 is 0 Å². The zero-order chi connectivity index (χ0) is 13.8. The van der Waals surface area contributed by atoms with E-state index in [1.807, 2.05) is 6.07 Å². The van der Waals surface area contributed by atoms with Gasteiger partial charge < -0.3 is 0 Å². The van der Waals surface area contributed by atoms with Crippen LogP contribution < -0.4 is 0 Å². The molecule has 0 saturated heterocycles. The van der Waals surface area contributed by atoms with Crippen LogP contribution in [0, 0.1) is 13.8 Å². The molecule has 0 spiro atoms. The van der Waals surface area contributed by atoms with Crippen molar-refractivity contribution in [1.29, 1.82) is 0 Å². The minimum Gasteiger partial charge on any atom is -0.106 e. The van der Waals surface area contributed by atoms with Crippen molar-refractivity contribution in [3.8, 4) is 0 Å². The molecule has 96 valence electrons. The maximum absolute atomic E-state index is 3.00. The highest BCUT2D eigenvalue weighted by molar-refractivity contribution is 5.20. The quantitative estimate of drug-likeness (QED) is 0.589. The average Bonchev–Trinajstić information content (AvgIpc) is 2.42. The van der Waals surface area contributed by atoms with Crippen LogP contribution in [0.15, 0.2) is 67.8 Å². The first-order valence-corrected chi connectivity index (χ1v) is 6.29. The first-order chi connectivity index (χ1) is 8.72. The summed E-state index contributed by atoms with van der Waals surface area (Å²) in [5.41, 5.74) is 4.09. The van der Waals surface area contributed by atoms with Crippen molar-refractivity contribution < 1.29 is 0 Å². The van der Waals surface area contributed by atoms with Gasteiger partial charge in [-0.1, -0.05) is 72.6 Å². The summed E-state index contributed by atoms with van der Waals surface area (Å²) in [4.78, 5) is 0. The molecular weight excluding hydrogens is 216 g/mol. The van der Waals surface area contributed by atoms with Crippen LogP contribution in [0.5, 0.6) is 0 Å². The Morgan fingerprint density at radius 2 is 1.28 bits per heavy atom. The fraction of sp³-hybridized carbons (Fsp3) is 0.222. The molecule has 0 N–H and O–H groups in total. The molecule has 0 aliphatic carbocycles. The second-order valence-corrected chi connectivity index (χ2v) is 4.00. The third-order valence-corrected chi connectivity index (χ3v) is 2.42. The summed E-state index contributed by atoms with van der Waals surface area (Å²) in [7, 11) is 0. The van der Waals surface area contributed by atoms with Crippen LogP contribution in [0.3, 0.4) is 0 Å². The maximum Gasteiger partial charge on any atom is -0.0307 e. The van der Waals surface area contributed by atoms with Crippen LogP contribution in [-0.4, -0.2) is 0 Å². The van der Waals surface area contributed by atoms with Gasteiger partial charge in [0.15, 0.2) is 0 Å². The van der Waals surface area contributed by atoms with Gasteiger partial charge in [0.1, 0.15) is 0 Å². The van der Waals surface area contributed by atoms with E-state index in [0.29, 0.717) is 0 Å². The zero-order valence-electron chi connectivity index (χ0n) is 11.8. The van der Waals surface area contributed by atoms with Crippen molar-refractivity contribution in [2.75, 3.05) is 0 Å². The smallest absolute Gasteiger partial charge is 0.0307 e. The van der Waals surface area contributed by atoms with Crippen molar-refractivity contribution in [1.82, 2.24) is 0 Å². The van der Waals surface area contributed by atoms with E-state index in [1.165, 1.54) is 16.7 Å². The monoisotopic (exact) mass is 240 g/mol. The summed E-state index contributed by atoms with van der Waals surface area (Å²) in [6.07, 6.45) is 1.14. The molecule has 0 nitrogen and oxygen atoms in total. The van der Waals surface area contributed by atoms with Gasteiger partial charge in [0.05, 0.1) is 0 Å². The number of hydrogen-bond donors (Lipinski definition) is 0. The average molecular weight is 240 g/mol. The molecule has 18 heavy (non-hydrogen) atoms. The van der Waals surface area contributed by atoms with Gasteiger partial charge in [-0.2, -0.15) is 0 Å². The molecule has 0 unspecified atom stereocenters. The normalized spacial score (nSPS) is 8.39. The zero-order valence-corrected chi connectivity index (χ0v) is 11.8. The molecule has 0 fully saturated rings. The fourth-order valence-electron chi connectivity index (χ4n) is 1.52. The number of rotatable bonds is 1. The minimum absolute atomic E-state index is 1.14. The molecule has 0 aromatic heterocycles. The van der Waals surface area contributed by atoms with E-state index < -0.39 is 0 Å². The fourth-order valence-corrected chi connectivity index (χ4v) is 1.52. The van der Waals surface area contributed by atoms with Crippen LogP contribution in [0.2, 0.25) is 0 Å². The van der Waals surface area contributed by atoms with Gasteiger partial charge in [0, 0.05) is 0 Å². The standard InChI is InChI=1S/2C8H10.C2H4/c1-7-4-3-5-8(2)6-7;1-2-8-6-4-3-5-7-8;1-2/h3-6H,1-2H3;3-7H,2H2,1H3;1-2H2. The SMILES string of the molecule is C=C.CCc1ccccc1.Cc1cccc(C)c1. The predicted molar refractivity (Wildman–Crippen MR) is 83.0 cm³/mol. The van der Waals surface area contributed by atoms with Crippen LogP contribution in [0.25, 0.3) is 0 Å². The van der Waals surface area contributed by atoms with Crippen molar-refractivity contribution in [3.63, 3.8) is 0 Å². The summed E-state index contributed by atoms with van der Waals surface area (Å²) >= 11 is 0. The topological polar surface area (TPSA) is 0 Å². The molecule has 2 aromatic rings. The maximum atomic E-state index is 3.00. The highest BCUT2D eigenvalue weighted by Gasteiger charge is 1.81. The van der Waals surface area contributed by atoms with Crippen molar-refractivity contribution in [2.45, 2.75) is 27.2 Å². The lowest BCUT2D eigenvalue weighted by atomic mass is 10.2. The van der Waals surface area contributed by atoms with Crippen LogP contribution in [0.4, 0.5) is 0 Å². The largest absolute Gasteiger partial charge is 0.106 e. The molecule has 0 heterocycles. The summed E-state index contributed by atoms with van der Waals surface area (Å²) in [5, 5.41) is 0. The molecule has 2 rings (SSSR count). The van der Waals surface area contributed by atoms with E-state index in [1.54, 1.807) is 0 Å². The molecule has 0 bridgehead atoms. The number of aryl methyl sites for hydroxylation is 3. The Morgan fingerprint density at radius 1 is 0.778 bits per heavy atom. The lowest BCUT2D eigenvalue weighted by Crippen LogP contribution is -1.73. The van der Waals surface area contributed by atoms with Gasteiger partial charge >= 0.3 is 0 Å². The molecular formula is C18H24. The Bertz CT molecular complexity index is 398. The van der Waals surface area contributed by atoms with E-state index in [0.717, 1.165) is 6.42 Å². The van der Waals surface area contributed by atoms with E-state index in [-0.39, 0.29) is 0 Å². The summed E-state index contributed by atoms with van der Waals surface area (Å²) in [6.45, 7) is 12.4. The van der Waals surface area contributed by atoms with Crippen molar-refractivity contribution >= 4 is 0 Å². The van der Waals surface area contributed by atoms with Gasteiger partial charge in [0.25, 0.3) is 0 Å². The molecule has 0 amide bonds. The molecule has 0 saturated carbocycles. The Labute approximate surface area is 112 Å². The molecule has 0 heteroatoms. The Kier molecular flexibility index (Phi) is 9.30. The van der Waals surface area contributed by atoms with Crippen LogP contribution in [-0.2, 0) is 6.42 Å². The summed E-state index contributed by atoms with van der Waals surface area (Å²) in [6, 6.07) is 18.9. The Morgan fingerprint density at radius 3 is 1.56 bits per heavy atom. The van der Waals surface area contributed by atoms with Gasteiger partial charge in [-0.3, -0.25) is 0 Å².